The molecule has 0 spiro atoms. The van der Waals surface area contributed by atoms with Crippen LogP contribution in [0.15, 0.2) is 65.6 Å². The number of aromatic carboxylic acids is 1. The number of nitrogens with one attached hydrogen (secondary N) is 1. The molecule has 0 saturated carbocycles. The number of rotatable bonds is 11. The predicted molar refractivity (Wildman–Crippen MR) is 128 cm³/mol. The van der Waals surface area contributed by atoms with Gasteiger partial charge < -0.3 is 15.6 Å². The first kappa shape index (κ1) is 25.2. The molecule has 3 aromatic rings. The Labute approximate surface area is 198 Å². The van der Waals surface area contributed by atoms with E-state index in [1.807, 2.05) is 37.3 Å². The summed E-state index contributed by atoms with van der Waals surface area (Å²) in [5, 5.41) is 9.84. The number of sulfonamides is 1. The Balaban J connectivity index is 2.00. The van der Waals surface area contributed by atoms with Crippen LogP contribution in [0.25, 0.3) is 0 Å². The van der Waals surface area contributed by atoms with Crippen molar-refractivity contribution in [2.45, 2.75) is 31.1 Å². The molecular weight excluding hydrogens is 459 g/mol. The Bertz CT molecular complexity index is 1260. The molecule has 4 N–H and O–H groups in total. The number of benzene rings is 3. The van der Waals surface area contributed by atoms with Gasteiger partial charge in [-0.25, -0.2) is 17.6 Å². The van der Waals surface area contributed by atoms with Crippen molar-refractivity contribution in [2.24, 2.45) is 5.73 Å². The van der Waals surface area contributed by atoms with Crippen molar-refractivity contribution in [1.29, 1.82) is 0 Å². The number of aryl methyl sites for hydroxylation is 3. The first-order chi connectivity index (χ1) is 16.3. The summed E-state index contributed by atoms with van der Waals surface area (Å²) in [6.45, 7) is 2.07. The zero-order chi connectivity index (χ0) is 24.7. The highest BCUT2D eigenvalue weighted by Crippen LogP contribution is 2.33. The minimum absolute atomic E-state index is 0.0732. The molecule has 180 valence electrons. The van der Waals surface area contributed by atoms with Crippen molar-refractivity contribution >= 4 is 21.7 Å². The van der Waals surface area contributed by atoms with Crippen LogP contribution in [0.2, 0.25) is 0 Å². The van der Waals surface area contributed by atoms with Crippen molar-refractivity contribution in [1.82, 2.24) is 0 Å². The number of carbonyl (C=O) groups is 1. The maximum absolute atomic E-state index is 14.0. The topological polar surface area (TPSA) is 119 Å². The Morgan fingerprint density at radius 1 is 1.06 bits per heavy atom. The van der Waals surface area contributed by atoms with Crippen molar-refractivity contribution in [3.63, 3.8) is 0 Å². The van der Waals surface area contributed by atoms with E-state index >= 15 is 0 Å². The molecule has 0 unspecified atom stereocenters. The van der Waals surface area contributed by atoms with Crippen LogP contribution in [0, 0.1) is 5.82 Å². The third-order valence-corrected chi connectivity index (χ3v) is 6.75. The molecule has 0 aliphatic carbocycles. The number of halogens is 1. The number of carboxylic acids is 1. The van der Waals surface area contributed by atoms with Gasteiger partial charge in [0, 0.05) is 6.54 Å². The molecule has 3 rings (SSSR count). The summed E-state index contributed by atoms with van der Waals surface area (Å²) in [5.74, 6) is -1.83. The van der Waals surface area contributed by atoms with E-state index in [0.29, 0.717) is 18.4 Å². The van der Waals surface area contributed by atoms with Gasteiger partial charge in [0.15, 0.2) is 0 Å². The van der Waals surface area contributed by atoms with Gasteiger partial charge >= 0.3 is 5.97 Å². The molecule has 0 fully saturated rings. The van der Waals surface area contributed by atoms with E-state index in [4.69, 9.17) is 10.5 Å². The molecule has 0 heterocycles. The van der Waals surface area contributed by atoms with Gasteiger partial charge in [0.1, 0.15) is 23.7 Å². The predicted octanol–water partition coefficient (Wildman–Crippen LogP) is 4.01. The van der Waals surface area contributed by atoms with Crippen molar-refractivity contribution in [2.75, 3.05) is 17.9 Å². The first-order valence-electron chi connectivity index (χ1n) is 10.8. The highest BCUT2D eigenvalue weighted by molar-refractivity contribution is 7.92. The second kappa shape index (κ2) is 11.1. The van der Waals surface area contributed by atoms with E-state index in [0.717, 1.165) is 11.6 Å². The SMILES string of the molecule is CCc1ccc(NS(=O)(=O)c2ccc(F)cc2CCc2ccccc2)c(C(=O)O)c1OCCN. The van der Waals surface area contributed by atoms with Crippen LogP contribution >= 0.6 is 0 Å². The lowest BCUT2D eigenvalue weighted by Crippen LogP contribution is -2.19. The lowest BCUT2D eigenvalue weighted by atomic mass is 10.0. The van der Waals surface area contributed by atoms with E-state index in [1.54, 1.807) is 6.07 Å². The Morgan fingerprint density at radius 2 is 1.79 bits per heavy atom. The fourth-order valence-corrected chi connectivity index (χ4v) is 4.98. The van der Waals surface area contributed by atoms with Gasteiger partial charge in [-0.15, -0.1) is 0 Å². The largest absolute Gasteiger partial charge is 0.491 e. The molecule has 0 aliphatic heterocycles. The van der Waals surface area contributed by atoms with Gasteiger partial charge in [-0.2, -0.15) is 0 Å². The van der Waals surface area contributed by atoms with Gasteiger partial charge in [0.25, 0.3) is 10.0 Å². The highest BCUT2D eigenvalue weighted by Gasteiger charge is 2.26. The average molecular weight is 487 g/mol. The van der Waals surface area contributed by atoms with E-state index in [1.165, 1.54) is 18.2 Å². The minimum Gasteiger partial charge on any atom is -0.491 e. The lowest BCUT2D eigenvalue weighted by molar-refractivity contribution is 0.0693. The Hall–Kier alpha value is -3.43. The van der Waals surface area contributed by atoms with E-state index in [2.05, 4.69) is 4.72 Å². The quantitative estimate of drug-likeness (QED) is 0.377. The second-order valence-corrected chi connectivity index (χ2v) is 9.27. The molecule has 0 bridgehead atoms. The van der Waals surface area contributed by atoms with Crippen LogP contribution in [0.3, 0.4) is 0 Å². The van der Waals surface area contributed by atoms with Crippen LogP contribution in [0.1, 0.15) is 34.0 Å². The van der Waals surface area contributed by atoms with Crippen LogP contribution < -0.4 is 15.2 Å². The minimum atomic E-state index is -4.24. The third-order valence-electron chi connectivity index (χ3n) is 5.28. The van der Waals surface area contributed by atoms with Crippen LogP contribution in [0.5, 0.6) is 5.75 Å². The van der Waals surface area contributed by atoms with Gasteiger partial charge in [0.2, 0.25) is 0 Å². The number of hydrogen-bond acceptors (Lipinski definition) is 5. The lowest BCUT2D eigenvalue weighted by Gasteiger charge is -2.18. The molecule has 0 radical (unpaired) electrons. The Kier molecular flexibility index (Phi) is 8.25. The molecule has 0 saturated heterocycles. The summed E-state index contributed by atoms with van der Waals surface area (Å²) < 4.78 is 48.6. The number of nitrogens with two attached hydrogens (primary N) is 1. The number of hydrogen-bond donors (Lipinski definition) is 3. The van der Waals surface area contributed by atoms with Crippen molar-refractivity contribution in [3.05, 3.63) is 88.7 Å². The molecule has 3 aromatic carbocycles. The smallest absolute Gasteiger partial charge is 0.341 e. The van der Waals surface area contributed by atoms with Crippen LogP contribution in [0.4, 0.5) is 10.1 Å². The number of carboxylic acid groups (broad SMARTS) is 1. The van der Waals surface area contributed by atoms with Gasteiger partial charge in [-0.1, -0.05) is 43.3 Å². The standard InChI is InChI=1S/C25H27FN2O5S/c1-2-18-10-12-21(23(25(29)30)24(18)33-15-14-27)28-34(31,32)22-13-11-20(26)16-19(22)9-8-17-6-4-3-5-7-17/h3-7,10-13,16,28H,2,8-9,14-15,27H2,1H3,(H,29,30). The molecule has 34 heavy (non-hydrogen) atoms. The summed E-state index contributed by atoms with van der Waals surface area (Å²) in [6.07, 6.45) is 1.27. The second-order valence-electron chi connectivity index (χ2n) is 7.62. The number of ether oxygens (including phenoxy) is 1. The van der Waals surface area contributed by atoms with Gasteiger partial charge in [0.05, 0.1) is 10.6 Å². The summed E-state index contributed by atoms with van der Waals surface area (Å²) in [5.41, 5.74) is 6.93. The fourth-order valence-electron chi connectivity index (χ4n) is 3.66. The van der Waals surface area contributed by atoms with Crippen LogP contribution in [-0.2, 0) is 29.3 Å². The number of anilines is 1. The Morgan fingerprint density at radius 3 is 2.44 bits per heavy atom. The molecule has 0 aliphatic rings. The summed E-state index contributed by atoms with van der Waals surface area (Å²) in [6, 6.07) is 15.9. The molecule has 9 heteroatoms. The van der Waals surface area contributed by atoms with E-state index in [-0.39, 0.29) is 47.0 Å². The third kappa shape index (κ3) is 5.92. The monoisotopic (exact) mass is 486 g/mol. The first-order valence-corrected chi connectivity index (χ1v) is 12.3. The molecule has 7 nitrogen and oxygen atoms in total. The highest BCUT2D eigenvalue weighted by atomic mass is 32.2. The normalized spacial score (nSPS) is 11.3. The summed E-state index contributed by atoms with van der Waals surface area (Å²) in [4.78, 5) is 12.0. The zero-order valence-corrected chi connectivity index (χ0v) is 19.6. The zero-order valence-electron chi connectivity index (χ0n) is 18.8. The van der Waals surface area contributed by atoms with Crippen molar-refractivity contribution in [3.8, 4) is 5.75 Å². The molecule has 0 aromatic heterocycles. The van der Waals surface area contributed by atoms with E-state index in [9.17, 15) is 22.7 Å². The molecule has 0 amide bonds. The summed E-state index contributed by atoms with van der Waals surface area (Å²) in [7, 11) is -4.24. The average Bonchev–Trinajstić information content (AvgIpc) is 2.81. The van der Waals surface area contributed by atoms with E-state index < -0.39 is 21.8 Å². The van der Waals surface area contributed by atoms with Gasteiger partial charge in [-0.3, -0.25) is 4.72 Å². The molecule has 0 atom stereocenters. The maximum atomic E-state index is 14.0. The fraction of sp³-hybridized carbons (Fsp3) is 0.240. The van der Waals surface area contributed by atoms with Gasteiger partial charge in [-0.05, 0) is 60.2 Å². The van der Waals surface area contributed by atoms with Crippen LogP contribution in [-0.4, -0.2) is 32.6 Å². The maximum Gasteiger partial charge on any atom is 0.341 e. The molecular formula is C25H27FN2O5S. The summed E-state index contributed by atoms with van der Waals surface area (Å²) >= 11 is 0. The van der Waals surface area contributed by atoms with Crippen molar-refractivity contribution < 1.29 is 27.4 Å².